The monoisotopic (exact) mass is 378 g/mol. The standard InChI is InChI=1S/C22H26N4O2/c1-13(2)24-22(28)25-15-8-6-14(7-9-15)21-20(23)18-11-10-17(27)12-19(18)26(21)16-4-3-5-16/h6-13,16,27H,3-5,23H2,1-2H3,(H2,24,25,28). The van der Waals surface area contributed by atoms with Gasteiger partial charge in [0, 0.05) is 34.8 Å². The Morgan fingerprint density at radius 3 is 2.50 bits per heavy atom. The zero-order valence-electron chi connectivity index (χ0n) is 16.2. The van der Waals surface area contributed by atoms with Crippen molar-refractivity contribution in [2.24, 2.45) is 0 Å². The Bertz CT molecular complexity index is 1020. The van der Waals surface area contributed by atoms with Gasteiger partial charge in [-0.25, -0.2) is 4.79 Å². The number of rotatable bonds is 4. The fraction of sp³-hybridized carbons (Fsp3) is 0.318. The van der Waals surface area contributed by atoms with Gasteiger partial charge in [0.05, 0.1) is 16.9 Å². The van der Waals surface area contributed by atoms with Crippen LogP contribution in [0.5, 0.6) is 5.75 Å². The molecule has 1 saturated carbocycles. The van der Waals surface area contributed by atoms with Crippen LogP contribution in [-0.4, -0.2) is 21.7 Å². The van der Waals surface area contributed by atoms with E-state index in [1.807, 2.05) is 44.2 Å². The summed E-state index contributed by atoms with van der Waals surface area (Å²) < 4.78 is 2.27. The van der Waals surface area contributed by atoms with Crippen molar-refractivity contribution in [2.75, 3.05) is 11.1 Å². The first-order valence-electron chi connectivity index (χ1n) is 9.74. The quantitative estimate of drug-likeness (QED) is 0.523. The number of aromatic hydroxyl groups is 1. The predicted molar refractivity (Wildman–Crippen MR) is 114 cm³/mol. The van der Waals surface area contributed by atoms with Gasteiger partial charge in [-0.05, 0) is 57.4 Å². The van der Waals surface area contributed by atoms with Crippen LogP contribution in [-0.2, 0) is 0 Å². The Morgan fingerprint density at radius 1 is 1.18 bits per heavy atom. The fourth-order valence-corrected chi connectivity index (χ4v) is 3.78. The van der Waals surface area contributed by atoms with Gasteiger partial charge in [0.2, 0.25) is 0 Å². The number of phenols is 1. The molecule has 1 aromatic heterocycles. The third kappa shape index (κ3) is 3.26. The average molecular weight is 378 g/mol. The van der Waals surface area contributed by atoms with Crippen LogP contribution >= 0.6 is 0 Å². The zero-order chi connectivity index (χ0) is 19.8. The highest BCUT2D eigenvalue weighted by molar-refractivity contribution is 6.01. The van der Waals surface area contributed by atoms with E-state index in [0.717, 1.165) is 46.4 Å². The summed E-state index contributed by atoms with van der Waals surface area (Å²) in [5.41, 5.74) is 10.9. The lowest BCUT2D eigenvalue weighted by Crippen LogP contribution is -2.34. The molecular formula is C22H26N4O2. The number of carbonyl (C=O) groups is 1. The number of benzene rings is 2. The van der Waals surface area contributed by atoms with Crippen molar-refractivity contribution in [3.63, 3.8) is 0 Å². The van der Waals surface area contributed by atoms with E-state index in [1.54, 1.807) is 12.1 Å². The Hall–Kier alpha value is -3.15. The second-order valence-electron chi connectivity index (χ2n) is 7.75. The Kier molecular flexibility index (Phi) is 4.63. The van der Waals surface area contributed by atoms with Crippen LogP contribution in [0.25, 0.3) is 22.2 Å². The summed E-state index contributed by atoms with van der Waals surface area (Å²) in [4.78, 5) is 11.9. The summed E-state index contributed by atoms with van der Waals surface area (Å²) in [7, 11) is 0. The Labute approximate surface area is 164 Å². The number of phenolic OH excluding ortho intramolecular Hbond substituents is 1. The number of carbonyl (C=O) groups excluding carboxylic acids is 1. The summed E-state index contributed by atoms with van der Waals surface area (Å²) in [5, 5.41) is 16.6. The van der Waals surface area contributed by atoms with Gasteiger partial charge in [-0.15, -0.1) is 0 Å². The molecule has 0 bridgehead atoms. The molecule has 6 nitrogen and oxygen atoms in total. The molecule has 1 fully saturated rings. The predicted octanol–water partition coefficient (Wildman–Crippen LogP) is 4.85. The van der Waals surface area contributed by atoms with Gasteiger partial charge in [-0.3, -0.25) is 0 Å². The first-order chi connectivity index (χ1) is 13.4. The highest BCUT2D eigenvalue weighted by Crippen LogP contribution is 2.44. The lowest BCUT2D eigenvalue weighted by Gasteiger charge is -2.30. The number of anilines is 2. The molecular weight excluding hydrogens is 352 g/mol. The molecule has 0 radical (unpaired) electrons. The second kappa shape index (κ2) is 7.11. The number of aromatic nitrogens is 1. The molecule has 0 aliphatic heterocycles. The summed E-state index contributed by atoms with van der Waals surface area (Å²) >= 11 is 0. The third-order valence-electron chi connectivity index (χ3n) is 5.30. The van der Waals surface area contributed by atoms with E-state index >= 15 is 0 Å². The third-order valence-corrected chi connectivity index (χ3v) is 5.30. The first-order valence-corrected chi connectivity index (χ1v) is 9.74. The van der Waals surface area contributed by atoms with Gasteiger partial charge < -0.3 is 26.0 Å². The Balaban J connectivity index is 1.72. The molecule has 146 valence electrons. The van der Waals surface area contributed by atoms with Gasteiger partial charge in [-0.1, -0.05) is 12.1 Å². The molecule has 1 aliphatic carbocycles. The lowest BCUT2D eigenvalue weighted by atomic mass is 9.92. The number of urea groups is 1. The van der Waals surface area contributed by atoms with Crippen LogP contribution in [0.2, 0.25) is 0 Å². The summed E-state index contributed by atoms with van der Waals surface area (Å²) in [6.45, 7) is 3.84. The van der Waals surface area contributed by atoms with Crippen molar-refractivity contribution >= 4 is 28.3 Å². The van der Waals surface area contributed by atoms with Crippen LogP contribution in [0.3, 0.4) is 0 Å². The number of nitrogen functional groups attached to an aromatic ring is 1. The molecule has 2 aromatic carbocycles. The average Bonchev–Trinajstić information content (AvgIpc) is 2.86. The van der Waals surface area contributed by atoms with Crippen molar-refractivity contribution in [3.8, 4) is 17.0 Å². The molecule has 0 atom stereocenters. The highest BCUT2D eigenvalue weighted by atomic mass is 16.3. The maximum absolute atomic E-state index is 11.9. The topological polar surface area (TPSA) is 92.3 Å². The van der Waals surface area contributed by atoms with Crippen LogP contribution in [0.4, 0.5) is 16.2 Å². The normalized spacial score (nSPS) is 14.2. The molecule has 4 rings (SSSR count). The fourth-order valence-electron chi connectivity index (χ4n) is 3.78. The van der Waals surface area contributed by atoms with E-state index in [4.69, 9.17) is 5.73 Å². The Morgan fingerprint density at radius 2 is 1.89 bits per heavy atom. The van der Waals surface area contributed by atoms with Gasteiger partial charge in [0.25, 0.3) is 0 Å². The number of amides is 2. The number of fused-ring (bicyclic) bond motifs is 1. The lowest BCUT2D eigenvalue weighted by molar-refractivity contribution is 0.250. The smallest absolute Gasteiger partial charge is 0.319 e. The van der Waals surface area contributed by atoms with E-state index in [1.165, 1.54) is 6.42 Å². The molecule has 5 N–H and O–H groups in total. The molecule has 1 heterocycles. The van der Waals surface area contributed by atoms with E-state index in [2.05, 4.69) is 15.2 Å². The zero-order valence-corrected chi connectivity index (χ0v) is 16.2. The van der Waals surface area contributed by atoms with Crippen molar-refractivity contribution in [2.45, 2.75) is 45.2 Å². The molecule has 0 unspecified atom stereocenters. The van der Waals surface area contributed by atoms with E-state index in [0.29, 0.717) is 6.04 Å². The largest absolute Gasteiger partial charge is 0.508 e. The first kappa shape index (κ1) is 18.2. The van der Waals surface area contributed by atoms with Crippen LogP contribution < -0.4 is 16.4 Å². The van der Waals surface area contributed by atoms with Gasteiger partial charge in [0.15, 0.2) is 0 Å². The van der Waals surface area contributed by atoms with Crippen molar-refractivity contribution in [3.05, 3.63) is 42.5 Å². The molecule has 0 spiro atoms. The molecule has 0 saturated heterocycles. The number of nitrogens with zero attached hydrogens (tertiary/aromatic N) is 1. The summed E-state index contributed by atoms with van der Waals surface area (Å²) in [6, 6.07) is 13.3. The van der Waals surface area contributed by atoms with E-state index < -0.39 is 0 Å². The van der Waals surface area contributed by atoms with Gasteiger partial charge >= 0.3 is 6.03 Å². The van der Waals surface area contributed by atoms with Crippen molar-refractivity contribution in [1.82, 2.24) is 9.88 Å². The van der Waals surface area contributed by atoms with Crippen molar-refractivity contribution in [1.29, 1.82) is 0 Å². The van der Waals surface area contributed by atoms with Crippen LogP contribution in [0.1, 0.15) is 39.2 Å². The van der Waals surface area contributed by atoms with Crippen LogP contribution in [0.15, 0.2) is 42.5 Å². The van der Waals surface area contributed by atoms with E-state index in [9.17, 15) is 9.90 Å². The summed E-state index contributed by atoms with van der Waals surface area (Å²) in [6.07, 6.45) is 3.43. The molecule has 2 amide bonds. The van der Waals surface area contributed by atoms with Crippen LogP contribution in [0, 0.1) is 0 Å². The second-order valence-corrected chi connectivity index (χ2v) is 7.75. The molecule has 6 heteroatoms. The van der Waals surface area contributed by atoms with Crippen molar-refractivity contribution < 1.29 is 9.90 Å². The van der Waals surface area contributed by atoms with Gasteiger partial charge in [0.1, 0.15) is 5.75 Å². The molecule has 3 aromatic rings. The van der Waals surface area contributed by atoms with Gasteiger partial charge in [-0.2, -0.15) is 0 Å². The minimum Gasteiger partial charge on any atom is -0.508 e. The number of nitrogens with two attached hydrogens (primary N) is 1. The molecule has 28 heavy (non-hydrogen) atoms. The number of hydrogen-bond acceptors (Lipinski definition) is 3. The molecule has 1 aliphatic rings. The summed E-state index contributed by atoms with van der Waals surface area (Å²) in [5.74, 6) is 0.243. The minimum absolute atomic E-state index is 0.0775. The number of hydrogen-bond donors (Lipinski definition) is 4. The maximum Gasteiger partial charge on any atom is 0.319 e. The number of nitrogens with one attached hydrogen (secondary N) is 2. The highest BCUT2D eigenvalue weighted by Gasteiger charge is 2.27. The SMILES string of the molecule is CC(C)NC(=O)Nc1ccc(-c2c(N)c3ccc(O)cc3n2C2CCC2)cc1. The van der Waals surface area contributed by atoms with E-state index in [-0.39, 0.29) is 17.8 Å². The minimum atomic E-state index is -0.221. The maximum atomic E-state index is 11.9.